The highest BCUT2D eigenvalue weighted by molar-refractivity contribution is 5.94. The summed E-state index contributed by atoms with van der Waals surface area (Å²) in [6.45, 7) is 6.94. The smallest absolute Gasteiger partial charge is 0.246 e. The summed E-state index contributed by atoms with van der Waals surface area (Å²) in [4.78, 5) is 16.6. The number of hydrogen-bond donors (Lipinski definition) is 4. The highest BCUT2D eigenvalue weighted by Gasteiger charge is 2.34. The molecule has 7 nitrogen and oxygen atoms in total. The molecule has 1 unspecified atom stereocenters. The van der Waals surface area contributed by atoms with Gasteiger partial charge in [0, 0.05) is 37.4 Å². The number of hydrogen-bond acceptors (Lipinski definition) is 4. The van der Waals surface area contributed by atoms with Crippen LogP contribution in [0.15, 0.2) is 29.3 Å². The summed E-state index contributed by atoms with van der Waals surface area (Å²) in [6, 6.07) is 7.83. The number of aliphatic hydroxyl groups excluding tert-OH is 1. The van der Waals surface area contributed by atoms with Gasteiger partial charge in [0.05, 0.1) is 6.61 Å². The Balaban J connectivity index is 1.90. The van der Waals surface area contributed by atoms with Crippen molar-refractivity contribution >= 4 is 17.6 Å². The molecule has 27 heavy (non-hydrogen) atoms. The predicted molar refractivity (Wildman–Crippen MR) is 108 cm³/mol. The lowest BCUT2D eigenvalue weighted by molar-refractivity contribution is -0.114. The van der Waals surface area contributed by atoms with E-state index in [0.29, 0.717) is 38.7 Å². The molecule has 2 rings (SSSR count). The fourth-order valence-corrected chi connectivity index (χ4v) is 3.15. The van der Waals surface area contributed by atoms with Gasteiger partial charge in [0.1, 0.15) is 6.54 Å². The molecule has 0 radical (unpaired) electrons. The molecule has 1 amide bonds. The van der Waals surface area contributed by atoms with Crippen molar-refractivity contribution in [3.8, 4) is 0 Å². The number of carbonyl (C=O) groups is 1. The normalized spacial score (nSPS) is 19.7. The first-order valence-electron chi connectivity index (χ1n) is 9.70. The quantitative estimate of drug-likeness (QED) is 0.387. The fourth-order valence-electron chi connectivity index (χ4n) is 3.15. The van der Waals surface area contributed by atoms with E-state index >= 15 is 0 Å². The minimum Gasteiger partial charge on any atom is -0.396 e. The summed E-state index contributed by atoms with van der Waals surface area (Å²) >= 11 is 0. The molecule has 1 aromatic carbocycles. The minimum atomic E-state index is -0.158. The maximum Gasteiger partial charge on any atom is 0.246 e. The SMILES string of the molecule is CCNC(=NCC(=O)Nc1cccc(CC)c1)NCC1(CCO)CCOC1. The van der Waals surface area contributed by atoms with Gasteiger partial charge in [-0.3, -0.25) is 4.79 Å². The molecule has 0 bridgehead atoms. The number of aryl methyl sites for hydroxylation is 1. The second kappa shape index (κ2) is 10.9. The van der Waals surface area contributed by atoms with E-state index in [4.69, 9.17) is 4.74 Å². The summed E-state index contributed by atoms with van der Waals surface area (Å²) in [5.41, 5.74) is 1.89. The Labute approximate surface area is 161 Å². The molecule has 0 saturated carbocycles. The van der Waals surface area contributed by atoms with Crippen LogP contribution in [0.3, 0.4) is 0 Å². The molecule has 150 valence electrons. The molecule has 1 fully saturated rings. The van der Waals surface area contributed by atoms with Gasteiger partial charge in [-0.25, -0.2) is 4.99 Å². The van der Waals surface area contributed by atoms with Crippen molar-refractivity contribution in [3.05, 3.63) is 29.8 Å². The summed E-state index contributed by atoms with van der Waals surface area (Å²) in [5.74, 6) is 0.439. The highest BCUT2D eigenvalue weighted by Crippen LogP contribution is 2.31. The lowest BCUT2D eigenvalue weighted by atomic mass is 9.84. The molecule has 7 heteroatoms. The van der Waals surface area contributed by atoms with Crippen LogP contribution in [-0.2, 0) is 16.0 Å². The number of ether oxygens (including phenoxy) is 1. The Bertz CT molecular complexity index is 627. The number of nitrogens with zero attached hydrogens (tertiary/aromatic N) is 1. The maximum atomic E-state index is 12.2. The van der Waals surface area contributed by atoms with Crippen molar-refractivity contribution in [2.75, 3.05) is 44.8 Å². The second-order valence-corrected chi connectivity index (χ2v) is 6.93. The third kappa shape index (κ3) is 6.84. The second-order valence-electron chi connectivity index (χ2n) is 6.93. The molecule has 1 aliphatic rings. The van der Waals surface area contributed by atoms with E-state index in [0.717, 1.165) is 18.5 Å². The largest absolute Gasteiger partial charge is 0.396 e. The zero-order valence-electron chi connectivity index (χ0n) is 16.4. The number of anilines is 1. The van der Waals surface area contributed by atoms with Gasteiger partial charge < -0.3 is 25.8 Å². The Morgan fingerprint density at radius 3 is 2.85 bits per heavy atom. The van der Waals surface area contributed by atoms with Crippen LogP contribution in [0.2, 0.25) is 0 Å². The van der Waals surface area contributed by atoms with Gasteiger partial charge in [0.25, 0.3) is 0 Å². The number of aliphatic imine (C=N–C) groups is 1. The van der Waals surface area contributed by atoms with E-state index in [1.54, 1.807) is 0 Å². The van der Waals surface area contributed by atoms with Gasteiger partial charge >= 0.3 is 0 Å². The number of carbonyl (C=O) groups excluding carboxylic acids is 1. The average Bonchev–Trinajstić information content (AvgIpc) is 3.13. The molecule has 1 aromatic rings. The van der Waals surface area contributed by atoms with E-state index in [-0.39, 0.29) is 24.5 Å². The first-order valence-corrected chi connectivity index (χ1v) is 9.70. The first-order chi connectivity index (χ1) is 13.1. The van der Waals surface area contributed by atoms with Crippen molar-refractivity contribution in [2.45, 2.75) is 33.1 Å². The van der Waals surface area contributed by atoms with Crippen molar-refractivity contribution in [1.29, 1.82) is 0 Å². The van der Waals surface area contributed by atoms with Crippen LogP contribution >= 0.6 is 0 Å². The van der Waals surface area contributed by atoms with E-state index in [9.17, 15) is 9.90 Å². The van der Waals surface area contributed by atoms with Gasteiger partial charge in [-0.1, -0.05) is 19.1 Å². The van der Waals surface area contributed by atoms with E-state index < -0.39 is 0 Å². The van der Waals surface area contributed by atoms with Crippen LogP contribution in [0.25, 0.3) is 0 Å². The molecule has 1 heterocycles. The maximum absolute atomic E-state index is 12.2. The third-order valence-electron chi connectivity index (χ3n) is 4.80. The number of benzene rings is 1. The lowest BCUT2D eigenvalue weighted by Gasteiger charge is -2.27. The van der Waals surface area contributed by atoms with Crippen molar-refractivity contribution in [2.24, 2.45) is 10.4 Å². The van der Waals surface area contributed by atoms with Crippen LogP contribution < -0.4 is 16.0 Å². The zero-order chi connectivity index (χ0) is 19.5. The van der Waals surface area contributed by atoms with Crippen molar-refractivity contribution < 1.29 is 14.6 Å². The molecule has 0 spiro atoms. The number of rotatable bonds is 9. The third-order valence-corrected chi connectivity index (χ3v) is 4.80. The van der Waals surface area contributed by atoms with Gasteiger partial charge in [-0.2, -0.15) is 0 Å². The first kappa shape index (κ1) is 21.2. The molecule has 1 aliphatic heterocycles. The van der Waals surface area contributed by atoms with Gasteiger partial charge in [0.2, 0.25) is 5.91 Å². The summed E-state index contributed by atoms with van der Waals surface area (Å²) in [6.07, 6.45) is 2.53. The fraction of sp³-hybridized carbons (Fsp3) is 0.600. The van der Waals surface area contributed by atoms with E-state index in [1.165, 1.54) is 5.56 Å². The molecule has 1 atom stereocenters. The van der Waals surface area contributed by atoms with Crippen LogP contribution in [0, 0.1) is 5.41 Å². The van der Waals surface area contributed by atoms with Crippen LogP contribution in [-0.4, -0.2) is 56.4 Å². The Kier molecular flexibility index (Phi) is 8.54. The van der Waals surface area contributed by atoms with Gasteiger partial charge in [-0.15, -0.1) is 0 Å². The molecule has 4 N–H and O–H groups in total. The Hall–Kier alpha value is -2.12. The van der Waals surface area contributed by atoms with Crippen LogP contribution in [0.1, 0.15) is 32.3 Å². The number of guanidine groups is 1. The number of amides is 1. The van der Waals surface area contributed by atoms with E-state index in [1.807, 2.05) is 31.2 Å². The number of nitrogens with one attached hydrogen (secondary N) is 3. The van der Waals surface area contributed by atoms with Crippen LogP contribution in [0.4, 0.5) is 5.69 Å². The standard InChI is InChI=1S/C20H32N4O3/c1-3-16-6-5-7-17(12-16)24-18(26)13-22-19(21-4-2)23-14-20(8-10-25)9-11-27-15-20/h5-7,12,25H,3-4,8-11,13-15H2,1-2H3,(H,24,26)(H2,21,22,23). The van der Waals surface area contributed by atoms with Crippen LogP contribution in [0.5, 0.6) is 0 Å². The molecule has 0 aliphatic carbocycles. The summed E-state index contributed by atoms with van der Waals surface area (Å²) in [7, 11) is 0. The monoisotopic (exact) mass is 376 g/mol. The molecule has 1 saturated heterocycles. The Morgan fingerprint density at radius 2 is 2.19 bits per heavy atom. The zero-order valence-corrected chi connectivity index (χ0v) is 16.4. The number of aliphatic hydroxyl groups is 1. The Morgan fingerprint density at radius 1 is 1.33 bits per heavy atom. The molecular weight excluding hydrogens is 344 g/mol. The van der Waals surface area contributed by atoms with E-state index in [2.05, 4.69) is 27.9 Å². The highest BCUT2D eigenvalue weighted by atomic mass is 16.5. The molecule has 0 aromatic heterocycles. The summed E-state index contributed by atoms with van der Waals surface area (Å²) < 4.78 is 5.51. The van der Waals surface area contributed by atoms with Crippen molar-refractivity contribution in [3.63, 3.8) is 0 Å². The summed E-state index contributed by atoms with van der Waals surface area (Å²) in [5, 5.41) is 18.7. The lowest BCUT2D eigenvalue weighted by Crippen LogP contribution is -2.44. The minimum absolute atomic E-state index is 0.0369. The topological polar surface area (TPSA) is 95.0 Å². The predicted octanol–water partition coefficient (Wildman–Crippen LogP) is 1.53. The van der Waals surface area contributed by atoms with Crippen molar-refractivity contribution in [1.82, 2.24) is 10.6 Å². The molecular formula is C20H32N4O3. The average molecular weight is 377 g/mol. The van der Waals surface area contributed by atoms with Gasteiger partial charge in [-0.05, 0) is 43.9 Å². The van der Waals surface area contributed by atoms with Gasteiger partial charge in [0.15, 0.2) is 5.96 Å².